The molecule has 0 aliphatic carbocycles. The van der Waals surface area contributed by atoms with Crippen molar-refractivity contribution >= 4 is 11.6 Å². The fraction of sp³-hybridized carbons (Fsp3) is 0.333. The van der Waals surface area contributed by atoms with Gasteiger partial charge in [0.15, 0.2) is 5.82 Å². The van der Waals surface area contributed by atoms with Crippen LogP contribution in [0.4, 0.5) is 0 Å². The summed E-state index contributed by atoms with van der Waals surface area (Å²) in [6, 6.07) is 0. The number of nitrogens with zero attached hydrogens (tertiary/aromatic N) is 4. The van der Waals surface area contributed by atoms with Gasteiger partial charge in [0.05, 0.1) is 23.1 Å². The van der Waals surface area contributed by atoms with Gasteiger partial charge in [0.2, 0.25) is 0 Å². The van der Waals surface area contributed by atoms with Gasteiger partial charge < -0.3 is 5.73 Å². The third-order valence-corrected chi connectivity index (χ3v) is 2.48. The third-order valence-electron chi connectivity index (χ3n) is 2.29. The number of rotatable bonds is 2. The van der Waals surface area contributed by atoms with Crippen LogP contribution in [0.25, 0.3) is 5.82 Å². The van der Waals surface area contributed by atoms with Gasteiger partial charge in [-0.2, -0.15) is 10.2 Å². The van der Waals surface area contributed by atoms with Crippen LogP contribution in [0.3, 0.4) is 0 Å². The first kappa shape index (κ1) is 10.2. The van der Waals surface area contributed by atoms with E-state index in [2.05, 4.69) is 10.2 Å². The fourth-order valence-electron chi connectivity index (χ4n) is 1.63. The van der Waals surface area contributed by atoms with E-state index in [0.29, 0.717) is 11.6 Å². The monoisotopic (exact) mass is 225 g/mol. The molecule has 0 aliphatic heterocycles. The summed E-state index contributed by atoms with van der Waals surface area (Å²) in [6.07, 6.45) is 3.32. The van der Waals surface area contributed by atoms with Crippen LogP contribution in [0.5, 0.6) is 0 Å². The van der Waals surface area contributed by atoms with Crippen molar-refractivity contribution in [3.05, 3.63) is 28.7 Å². The maximum absolute atomic E-state index is 5.82. The molecule has 5 nitrogen and oxygen atoms in total. The topological polar surface area (TPSA) is 61.7 Å². The normalized spacial score (nSPS) is 10.9. The zero-order valence-corrected chi connectivity index (χ0v) is 9.36. The standard InChI is InChI=1S/C9H12ClN5/c1-6-8(3-11)9(14(2)13-6)15-5-7(10)4-12-15/h4-5H,3,11H2,1-2H3. The Morgan fingerprint density at radius 3 is 2.80 bits per heavy atom. The number of nitrogens with two attached hydrogens (primary N) is 1. The van der Waals surface area contributed by atoms with E-state index in [1.54, 1.807) is 21.8 Å². The molecule has 6 heteroatoms. The van der Waals surface area contributed by atoms with E-state index in [1.165, 1.54) is 0 Å². The lowest BCUT2D eigenvalue weighted by atomic mass is 10.2. The molecule has 0 aliphatic rings. The number of hydrogen-bond acceptors (Lipinski definition) is 3. The van der Waals surface area contributed by atoms with Crippen LogP contribution >= 0.6 is 11.6 Å². The van der Waals surface area contributed by atoms with Crippen molar-refractivity contribution in [2.45, 2.75) is 13.5 Å². The van der Waals surface area contributed by atoms with Gasteiger partial charge in [-0.15, -0.1) is 0 Å². The molecule has 0 unspecified atom stereocenters. The van der Waals surface area contributed by atoms with Gasteiger partial charge in [-0.1, -0.05) is 11.6 Å². The zero-order chi connectivity index (χ0) is 11.0. The largest absolute Gasteiger partial charge is 0.326 e. The lowest BCUT2D eigenvalue weighted by Gasteiger charge is -2.04. The summed E-state index contributed by atoms with van der Waals surface area (Å²) in [4.78, 5) is 0. The van der Waals surface area contributed by atoms with Crippen LogP contribution < -0.4 is 5.73 Å². The van der Waals surface area contributed by atoms with Gasteiger partial charge in [-0.05, 0) is 6.92 Å². The van der Waals surface area contributed by atoms with Crippen LogP contribution in [0.15, 0.2) is 12.4 Å². The molecular formula is C9H12ClN5. The first-order valence-corrected chi connectivity index (χ1v) is 4.94. The van der Waals surface area contributed by atoms with Crippen LogP contribution in [0.2, 0.25) is 5.02 Å². The SMILES string of the molecule is Cc1nn(C)c(-n2cc(Cl)cn2)c1CN. The molecule has 0 amide bonds. The van der Waals surface area contributed by atoms with Crippen molar-refractivity contribution in [1.82, 2.24) is 19.6 Å². The van der Waals surface area contributed by atoms with E-state index in [1.807, 2.05) is 14.0 Å². The highest BCUT2D eigenvalue weighted by molar-refractivity contribution is 6.30. The molecule has 0 aromatic carbocycles. The molecule has 0 spiro atoms. The molecule has 0 saturated heterocycles. The van der Waals surface area contributed by atoms with E-state index >= 15 is 0 Å². The summed E-state index contributed by atoms with van der Waals surface area (Å²) in [6.45, 7) is 2.36. The molecule has 0 fully saturated rings. The second-order valence-corrected chi connectivity index (χ2v) is 3.75. The summed E-state index contributed by atoms with van der Waals surface area (Å²) in [7, 11) is 1.86. The number of aryl methyl sites for hydroxylation is 2. The van der Waals surface area contributed by atoms with Crippen LogP contribution in [0, 0.1) is 6.92 Å². The summed E-state index contributed by atoms with van der Waals surface area (Å²) in [5.41, 5.74) is 7.58. The van der Waals surface area contributed by atoms with Crippen molar-refractivity contribution in [1.29, 1.82) is 0 Å². The van der Waals surface area contributed by atoms with E-state index in [9.17, 15) is 0 Å². The van der Waals surface area contributed by atoms with Crippen LogP contribution in [0.1, 0.15) is 11.3 Å². The summed E-state index contributed by atoms with van der Waals surface area (Å²) < 4.78 is 3.44. The van der Waals surface area contributed by atoms with Gasteiger partial charge in [-0.3, -0.25) is 4.68 Å². The molecule has 0 bridgehead atoms. The maximum atomic E-state index is 5.82. The van der Waals surface area contributed by atoms with Crippen LogP contribution in [-0.4, -0.2) is 19.6 Å². The maximum Gasteiger partial charge on any atom is 0.156 e. The Balaban J connectivity index is 2.61. The summed E-state index contributed by atoms with van der Waals surface area (Å²) in [5, 5.41) is 9.03. The minimum absolute atomic E-state index is 0.437. The Labute approximate surface area is 92.4 Å². The van der Waals surface area contributed by atoms with E-state index in [4.69, 9.17) is 17.3 Å². The average Bonchev–Trinajstić information content (AvgIpc) is 2.70. The first-order valence-electron chi connectivity index (χ1n) is 4.56. The Hall–Kier alpha value is -1.33. The zero-order valence-electron chi connectivity index (χ0n) is 8.61. The predicted molar refractivity (Wildman–Crippen MR) is 58.0 cm³/mol. The van der Waals surface area contributed by atoms with Gasteiger partial charge in [0.1, 0.15) is 0 Å². The quantitative estimate of drug-likeness (QED) is 0.830. The van der Waals surface area contributed by atoms with E-state index in [0.717, 1.165) is 17.1 Å². The third kappa shape index (κ3) is 1.64. The second-order valence-electron chi connectivity index (χ2n) is 3.32. The Bertz CT molecular complexity index is 485. The number of aromatic nitrogens is 4. The molecule has 0 radical (unpaired) electrons. The van der Waals surface area contributed by atoms with Gasteiger partial charge in [-0.25, -0.2) is 4.68 Å². The molecule has 2 rings (SSSR count). The van der Waals surface area contributed by atoms with Crippen molar-refractivity contribution < 1.29 is 0 Å². The lowest BCUT2D eigenvalue weighted by molar-refractivity contribution is 0.691. The lowest BCUT2D eigenvalue weighted by Crippen LogP contribution is -2.08. The predicted octanol–water partition coefficient (Wildman–Crippen LogP) is 1.03. The Kier molecular flexibility index (Phi) is 2.50. The summed E-state index contributed by atoms with van der Waals surface area (Å²) in [5.74, 6) is 0.863. The molecule has 80 valence electrons. The number of hydrogen-bond donors (Lipinski definition) is 1. The summed E-state index contributed by atoms with van der Waals surface area (Å²) >= 11 is 5.82. The smallest absolute Gasteiger partial charge is 0.156 e. The highest BCUT2D eigenvalue weighted by Crippen LogP contribution is 2.18. The van der Waals surface area contributed by atoms with Gasteiger partial charge in [0.25, 0.3) is 0 Å². The second kappa shape index (κ2) is 3.67. The van der Waals surface area contributed by atoms with Gasteiger partial charge >= 0.3 is 0 Å². The molecule has 2 aromatic rings. The molecule has 2 N–H and O–H groups in total. The van der Waals surface area contributed by atoms with Crippen molar-refractivity contribution in [3.63, 3.8) is 0 Å². The minimum Gasteiger partial charge on any atom is -0.326 e. The first-order chi connectivity index (χ1) is 7.13. The molecule has 15 heavy (non-hydrogen) atoms. The van der Waals surface area contributed by atoms with E-state index < -0.39 is 0 Å². The molecule has 2 heterocycles. The van der Waals surface area contributed by atoms with Crippen molar-refractivity contribution in [3.8, 4) is 5.82 Å². The van der Waals surface area contributed by atoms with E-state index in [-0.39, 0.29) is 0 Å². The minimum atomic E-state index is 0.437. The average molecular weight is 226 g/mol. The molecule has 0 saturated carbocycles. The van der Waals surface area contributed by atoms with Crippen LogP contribution in [-0.2, 0) is 13.6 Å². The van der Waals surface area contributed by atoms with Crippen molar-refractivity contribution in [2.75, 3.05) is 0 Å². The molecule has 0 atom stereocenters. The highest BCUT2D eigenvalue weighted by atomic mass is 35.5. The Morgan fingerprint density at radius 2 is 2.27 bits per heavy atom. The van der Waals surface area contributed by atoms with Crippen molar-refractivity contribution in [2.24, 2.45) is 12.8 Å². The molecular weight excluding hydrogens is 214 g/mol. The Morgan fingerprint density at radius 1 is 1.53 bits per heavy atom. The van der Waals surface area contributed by atoms with Gasteiger partial charge in [0, 0.05) is 19.2 Å². The molecule has 2 aromatic heterocycles. The fourth-order valence-corrected chi connectivity index (χ4v) is 1.77. The highest BCUT2D eigenvalue weighted by Gasteiger charge is 2.14. The number of halogens is 1.